The van der Waals surface area contributed by atoms with Crippen molar-refractivity contribution in [2.45, 2.75) is 18.0 Å². The van der Waals surface area contributed by atoms with Gasteiger partial charge in [-0.25, -0.2) is 8.70 Å². The summed E-state index contributed by atoms with van der Waals surface area (Å²) >= 11 is 1.31. The number of rotatable bonds is 5. The maximum Gasteiger partial charge on any atom is 0.420 e. The fourth-order valence-corrected chi connectivity index (χ4v) is 3.83. The SMILES string of the molecule is CC(C=O)COc1cc2c(cc1C(F)(F)F)N(c1ccc(F)cc1)CCN(C)S2. The number of alkyl halides is 3. The number of fused-ring (bicyclic) bond motifs is 1. The van der Waals surface area contributed by atoms with Crippen LogP contribution in [0.2, 0.25) is 0 Å². The molecule has 1 unspecified atom stereocenters. The van der Waals surface area contributed by atoms with Crippen molar-refractivity contribution < 1.29 is 27.1 Å². The number of aldehydes is 1. The summed E-state index contributed by atoms with van der Waals surface area (Å²) in [5.74, 6) is -1.26. The normalized spacial score (nSPS) is 16.1. The smallest absolute Gasteiger partial charge is 0.420 e. The van der Waals surface area contributed by atoms with Gasteiger partial charge in [0.15, 0.2) is 0 Å². The summed E-state index contributed by atoms with van der Waals surface area (Å²) in [5, 5.41) is 0. The molecule has 0 bridgehead atoms. The summed E-state index contributed by atoms with van der Waals surface area (Å²) in [6, 6.07) is 8.06. The van der Waals surface area contributed by atoms with Crippen molar-refractivity contribution in [1.29, 1.82) is 0 Å². The largest absolute Gasteiger partial charge is 0.492 e. The van der Waals surface area contributed by atoms with Gasteiger partial charge in [-0.2, -0.15) is 13.2 Å². The first-order chi connectivity index (χ1) is 13.7. The molecule has 0 saturated heterocycles. The van der Waals surface area contributed by atoms with Crippen LogP contribution in [0.15, 0.2) is 41.3 Å². The zero-order valence-electron chi connectivity index (χ0n) is 15.9. The molecule has 0 spiro atoms. The first kappa shape index (κ1) is 21.4. The highest BCUT2D eigenvalue weighted by atomic mass is 32.2. The van der Waals surface area contributed by atoms with Crippen molar-refractivity contribution >= 4 is 29.6 Å². The summed E-state index contributed by atoms with van der Waals surface area (Å²) < 4.78 is 61.8. The predicted octanol–water partition coefficient (Wildman–Crippen LogP) is 5.15. The van der Waals surface area contributed by atoms with E-state index in [0.29, 0.717) is 35.6 Å². The Kier molecular flexibility index (Phi) is 6.38. The van der Waals surface area contributed by atoms with E-state index in [9.17, 15) is 22.4 Å². The Hall–Kier alpha value is -2.26. The van der Waals surface area contributed by atoms with E-state index in [1.54, 1.807) is 24.0 Å². The highest BCUT2D eigenvalue weighted by Gasteiger charge is 2.37. The van der Waals surface area contributed by atoms with Gasteiger partial charge in [-0.15, -0.1) is 0 Å². The molecule has 0 fully saturated rings. The average molecular weight is 428 g/mol. The fourth-order valence-electron chi connectivity index (χ4n) is 2.90. The number of hydrogen-bond donors (Lipinski definition) is 0. The number of benzene rings is 2. The van der Waals surface area contributed by atoms with Gasteiger partial charge in [0.2, 0.25) is 0 Å². The van der Waals surface area contributed by atoms with Crippen molar-refractivity contribution in [2.75, 3.05) is 31.6 Å². The highest BCUT2D eigenvalue weighted by Crippen LogP contribution is 2.46. The molecule has 0 radical (unpaired) electrons. The number of nitrogens with zero attached hydrogens (tertiary/aromatic N) is 2. The molecule has 1 aliphatic rings. The van der Waals surface area contributed by atoms with E-state index in [2.05, 4.69) is 0 Å². The van der Waals surface area contributed by atoms with E-state index in [0.717, 1.165) is 6.07 Å². The van der Waals surface area contributed by atoms with E-state index >= 15 is 0 Å². The van der Waals surface area contributed by atoms with Gasteiger partial charge >= 0.3 is 6.18 Å². The summed E-state index contributed by atoms with van der Waals surface area (Å²) in [4.78, 5) is 13.1. The van der Waals surface area contributed by atoms with Crippen molar-refractivity contribution in [2.24, 2.45) is 5.92 Å². The maximum absolute atomic E-state index is 13.8. The van der Waals surface area contributed by atoms with Gasteiger partial charge in [0, 0.05) is 24.7 Å². The monoisotopic (exact) mass is 428 g/mol. The van der Waals surface area contributed by atoms with Gasteiger partial charge in [-0.1, -0.05) is 6.92 Å². The van der Waals surface area contributed by atoms with Crippen LogP contribution in [0.25, 0.3) is 0 Å². The standard InChI is InChI=1S/C20H20F4N2O2S/c1-13(11-27)12-28-18-10-19-17(9-16(18)20(22,23)24)26(8-7-25(2)29-19)15-5-3-14(21)4-6-15/h3-6,9-11,13H,7-8,12H2,1-2H3. The Balaban J connectivity index is 2.10. The number of anilines is 2. The van der Waals surface area contributed by atoms with E-state index < -0.39 is 23.5 Å². The fraction of sp³-hybridized carbons (Fsp3) is 0.350. The Morgan fingerprint density at radius 2 is 1.90 bits per heavy atom. The second-order valence-electron chi connectivity index (χ2n) is 6.81. The minimum atomic E-state index is -4.63. The van der Waals surface area contributed by atoms with E-state index in [1.807, 2.05) is 11.4 Å². The van der Waals surface area contributed by atoms with Crippen LogP contribution in [0.1, 0.15) is 12.5 Å². The van der Waals surface area contributed by atoms with E-state index in [-0.39, 0.29) is 12.4 Å². The van der Waals surface area contributed by atoms with Crippen molar-refractivity contribution in [3.05, 3.63) is 47.8 Å². The Labute approximate surface area is 170 Å². The second kappa shape index (κ2) is 8.62. The molecular weight excluding hydrogens is 408 g/mol. The van der Waals surface area contributed by atoms with Crippen molar-refractivity contribution in [3.8, 4) is 5.75 Å². The van der Waals surface area contributed by atoms with E-state index in [1.165, 1.54) is 30.1 Å². The zero-order valence-corrected chi connectivity index (χ0v) is 16.7. The molecule has 29 heavy (non-hydrogen) atoms. The second-order valence-corrected chi connectivity index (χ2v) is 8.05. The average Bonchev–Trinajstić information content (AvgIpc) is 2.83. The van der Waals surface area contributed by atoms with Gasteiger partial charge < -0.3 is 14.4 Å². The van der Waals surface area contributed by atoms with Crippen LogP contribution in [0.3, 0.4) is 0 Å². The number of likely N-dealkylation sites (N-methyl/N-ethyl adjacent to an activating group) is 1. The molecule has 1 aliphatic heterocycles. The van der Waals surface area contributed by atoms with Crippen LogP contribution >= 0.6 is 11.9 Å². The Morgan fingerprint density at radius 1 is 1.21 bits per heavy atom. The minimum Gasteiger partial charge on any atom is -0.492 e. The lowest BCUT2D eigenvalue weighted by atomic mass is 10.1. The molecule has 1 atom stereocenters. The molecular formula is C20H20F4N2O2S. The van der Waals surface area contributed by atoms with Gasteiger partial charge in [0.05, 0.1) is 22.8 Å². The predicted molar refractivity (Wildman–Crippen MR) is 104 cm³/mol. The van der Waals surface area contributed by atoms with Gasteiger partial charge in [0.1, 0.15) is 17.9 Å². The third kappa shape index (κ3) is 5.02. The third-order valence-corrected chi connectivity index (χ3v) is 5.44. The van der Waals surface area contributed by atoms with Gasteiger partial charge in [-0.3, -0.25) is 0 Å². The maximum atomic E-state index is 13.8. The van der Waals surface area contributed by atoms with Crippen LogP contribution < -0.4 is 9.64 Å². The summed E-state index contributed by atoms with van der Waals surface area (Å²) in [6.45, 7) is 2.44. The molecule has 0 amide bonds. The molecule has 3 rings (SSSR count). The van der Waals surface area contributed by atoms with Crippen molar-refractivity contribution in [1.82, 2.24) is 4.31 Å². The first-order valence-corrected chi connectivity index (χ1v) is 9.72. The molecule has 9 heteroatoms. The molecule has 2 aromatic rings. The lowest BCUT2D eigenvalue weighted by molar-refractivity contribution is -0.139. The van der Waals surface area contributed by atoms with Gasteiger partial charge in [-0.05, 0) is 55.4 Å². The van der Waals surface area contributed by atoms with Crippen LogP contribution in [-0.4, -0.2) is 37.3 Å². The number of carbonyl (C=O) groups excluding carboxylic acids is 1. The zero-order chi connectivity index (χ0) is 21.2. The van der Waals surface area contributed by atoms with Crippen molar-refractivity contribution in [3.63, 3.8) is 0 Å². The molecule has 2 aromatic carbocycles. The highest BCUT2D eigenvalue weighted by molar-refractivity contribution is 7.97. The molecule has 1 heterocycles. The number of carbonyl (C=O) groups is 1. The first-order valence-electron chi connectivity index (χ1n) is 8.94. The van der Waals surface area contributed by atoms with Crippen LogP contribution in [0.4, 0.5) is 28.9 Å². The quantitative estimate of drug-likeness (QED) is 0.374. The molecule has 4 nitrogen and oxygen atoms in total. The Morgan fingerprint density at radius 3 is 2.52 bits per heavy atom. The molecule has 0 aliphatic carbocycles. The lowest BCUT2D eigenvalue weighted by Gasteiger charge is -2.26. The third-order valence-electron chi connectivity index (χ3n) is 4.42. The molecule has 0 N–H and O–H groups in total. The van der Waals surface area contributed by atoms with Gasteiger partial charge in [0.25, 0.3) is 0 Å². The molecule has 156 valence electrons. The number of halogens is 4. The lowest BCUT2D eigenvalue weighted by Crippen LogP contribution is -2.25. The minimum absolute atomic E-state index is 0.145. The van der Waals surface area contributed by atoms with Crippen LogP contribution in [0, 0.1) is 11.7 Å². The Bertz CT molecular complexity index is 874. The van der Waals surface area contributed by atoms with E-state index in [4.69, 9.17) is 4.74 Å². The number of ether oxygens (including phenoxy) is 1. The van der Waals surface area contributed by atoms with Crippen LogP contribution in [0.5, 0.6) is 5.75 Å². The summed E-state index contributed by atoms with van der Waals surface area (Å²) in [6.07, 6.45) is -4.00. The molecule has 0 aromatic heterocycles. The molecule has 0 saturated carbocycles. The topological polar surface area (TPSA) is 32.8 Å². The number of hydrogen-bond acceptors (Lipinski definition) is 5. The summed E-state index contributed by atoms with van der Waals surface area (Å²) in [5.41, 5.74) is 0.0561. The summed E-state index contributed by atoms with van der Waals surface area (Å²) in [7, 11) is 1.84. The van der Waals surface area contributed by atoms with Crippen LogP contribution in [-0.2, 0) is 11.0 Å².